The molecular formula is C36H46F2. The van der Waals surface area contributed by atoms with E-state index in [-0.39, 0.29) is 11.6 Å². The lowest BCUT2D eigenvalue weighted by atomic mass is 9.85. The summed E-state index contributed by atoms with van der Waals surface area (Å²) in [7, 11) is 0. The Morgan fingerprint density at radius 3 is 1.24 bits per heavy atom. The van der Waals surface area contributed by atoms with Crippen LogP contribution < -0.4 is 0 Å². The van der Waals surface area contributed by atoms with Crippen LogP contribution in [0.15, 0.2) is 78.9 Å². The molecule has 2 heteroatoms. The molecule has 0 radical (unpaired) electrons. The highest BCUT2D eigenvalue weighted by Crippen LogP contribution is 2.55. The van der Waals surface area contributed by atoms with Gasteiger partial charge in [0.05, 0.1) is 0 Å². The van der Waals surface area contributed by atoms with Crippen LogP contribution in [0.1, 0.15) is 96.8 Å². The van der Waals surface area contributed by atoms with Gasteiger partial charge in [-0.15, -0.1) is 0 Å². The molecule has 3 saturated carbocycles. The molecule has 6 rings (SSSR count). The molecule has 3 aliphatic carbocycles. The van der Waals surface area contributed by atoms with Crippen molar-refractivity contribution in [1.29, 1.82) is 0 Å². The number of hydrogen-bond donors (Lipinski definition) is 0. The quantitative estimate of drug-likeness (QED) is 0.306. The Labute approximate surface area is 229 Å². The highest BCUT2D eigenvalue weighted by atomic mass is 19.1. The molecule has 3 fully saturated rings. The third-order valence-electron chi connectivity index (χ3n) is 9.85. The van der Waals surface area contributed by atoms with Crippen LogP contribution in [0.4, 0.5) is 8.78 Å². The summed E-state index contributed by atoms with van der Waals surface area (Å²) in [6.07, 6.45) is 7.72. The fourth-order valence-corrected chi connectivity index (χ4v) is 6.35. The molecule has 0 bridgehead atoms. The van der Waals surface area contributed by atoms with Crippen LogP contribution in [0.3, 0.4) is 0 Å². The summed E-state index contributed by atoms with van der Waals surface area (Å²) in [6.45, 7) is 13.6. The van der Waals surface area contributed by atoms with E-state index in [2.05, 4.69) is 77.9 Å². The Bertz CT molecular complexity index is 1160. The number of hydrogen-bond acceptors (Lipinski definition) is 0. The lowest BCUT2D eigenvalue weighted by Crippen LogP contribution is -2.14. The van der Waals surface area contributed by atoms with E-state index in [1.807, 2.05) is 18.2 Å². The summed E-state index contributed by atoms with van der Waals surface area (Å²) in [6, 6.07) is 25.0. The molecule has 0 heterocycles. The van der Waals surface area contributed by atoms with Crippen LogP contribution in [-0.4, -0.2) is 0 Å². The highest BCUT2D eigenvalue weighted by Gasteiger charge is 2.48. The molecular weight excluding hydrogens is 470 g/mol. The van der Waals surface area contributed by atoms with Crippen molar-refractivity contribution < 1.29 is 8.78 Å². The van der Waals surface area contributed by atoms with Gasteiger partial charge in [0.25, 0.3) is 0 Å². The molecule has 0 unspecified atom stereocenters. The zero-order valence-corrected chi connectivity index (χ0v) is 24.2. The average molecular weight is 517 g/mol. The van der Waals surface area contributed by atoms with Crippen molar-refractivity contribution in [2.45, 2.75) is 96.3 Å². The molecule has 204 valence electrons. The minimum atomic E-state index is -0.136. The average Bonchev–Trinajstić information content (AvgIpc) is 3.78. The number of benzene rings is 3. The molecule has 0 nitrogen and oxygen atoms in total. The molecule has 0 saturated heterocycles. The third-order valence-corrected chi connectivity index (χ3v) is 9.85. The minimum Gasteiger partial charge on any atom is -0.207 e. The topological polar surface area (TPSA) is 0 Å². The van der Waals surface area contributed by atoms with Crippen LogP contribution in [-0.2, 0) is 16.2 Å². The largest absolute Gasteiger partial charge is 0.207 e. The van der Waals surface area contributed by atoms with E-state index in [9.17, 15) is 8.78 Å². The van der Waals surface area contributed by atoms with Crippen molar-refractivity contribution in [3.63, 3.8) is 0 Å². The van der Waals surface area contributed by atoms with Gasteiger partial charge in [-0.25, -0.2) is 8.78 Å². The van der Waals surface area contributed by atoms with E-state index in [1.165, 1.54) is 55.7 Å². The van der Waals surface area contributed by atoms with E-state index < -0.39 is 0 Å². The van der Waals surface area contributed by atoms with Crippen molar-refractivity contribution in [2.24, 2.45) is 17.8 Å². The van der Waals surface area contributed by atoms with Gasteiger partial charge in [-0.1, -0.05) is 96.1 Å². The fraction of sp³-hybridized carbons (Fsp3) is 0.500. The smallest absolute Gasteiger partial charge is 0.123 e. The van der Waals surface area contributed by atoms with Gasteiger partial charge in [0.2, 0.25) is 0 Å². The summed E-state index contributed by atoms with van der Waals surface area (Å²) < 4.78 is 25.7. The minimum absolute atomic E-state index is 0.107. The van der Waals surface area contributed by atoms with Crippen LogP contribution in [0.25, 0.3) is 0 Å². The second kappa shape index (κ2) is 11.3. The van der Waals surface area contributed by atoms with Gasteiger partial charge in [0.1, 0.15) is 11.6 Å². The predicted octanol–water partition coefficient (Wildman–Crippen LogP) is 10.4. The predicted molar refractivity (Wildman–Crippen MR) is 156 cm³/mol. The maximum atomic E-state index is 13.0. The van der Waals surface area contributed by atoms with Crippen LogP contribution in [0.5, 0.6) is 0 Å². The molecule has 0 spiro atoms. The molecule has 3 aromatic carbocycles. The second-order valence-electron chi connectivity index (χ2n) is 12.8. The van der Waals surface area contributed by atoms with Gasteiger partial charge in [-0.05, 0) is 113 Å². The number of halogens is 2. The van der Waals surface area contributed by atoms with E-state index in [0.717, 1.165) is 5.92 Å². The van der Waals surface area contributed by atoms with Crippen LogP contribution in [0, 0.1) is 29.4 Å². The Morgan fingerprint density at radius 2 is 0.842 bits per heavy atom. The zero-order valence-electron chi connectivity index (χ0n) is 24.2. The van der Waals surface area contributed by atoms with E-state index in [0.29, 0.717) is 28.1 Å². The molecule has 0 N–H and O–H groups in total. The first-order valence-corrected chi connectivity index (χ1v) is 14.6. The lowest BCUT2D eigenvalue weighted by Gasteiger charge is -2.19. The van der Waals surface area contributed by atoms with Crippen molar-refractivity contribution >= 4 is 0 Å². The van der Waals surface area contributed by atoms with Crippen LogP contribution in [0.2, 0.25) is 0 Å². The van der Waals surface area contributed by atoms with Crippen molar-refractivity contribution in [3.05, 3.63) is 107 Å². The lowest BCUT2D eigenvalue weighted by molar-refractivity contribution is 0.478. The second-order valence-corrected chi connectivity index (χ2v) is 12.8. The first kappa shape index (κ1) is 28.5. The molecule has 3 aromatic rings. The highest BCUT2D eigenvalue weighted by molar-refractivity contribution is 5.33. The van der Waals surface area contributed by atoms with Crippen molar-refractivity contribution in [2.75, 3.05) is 0 Å². The van der Waals surface area contributed by atoms with E-state index >= 15 is 0 Å². The summed E-state index contributed by atoms with van der Waals surface area (Å²) in [4.78, 5) is 0. The number of rotatable bonds is 6. The normalized spacial score (nSPS) is 19.2. The van der Waals surface area contributed by atoms with Gasteiger partial charge in [0, 0.05) is 0 Å². The van der Waals surface area contributed by atoms with E-state index in [1.54, 1.807) is 23.8 Å². The summed E-state index contributed by atoms with van der Waals surface area (Å²) >= 11 is 0. The monoisotopic (exact) mass is 516 g/mol. The maximum Gasteiger partial charge on any atom is 0.123 e. The van der Waals surface area contributed by atoms with Gasteiger partial charge in [-0.2, -0.15) is 0 Å². The Morgan fingerprint density at radius 1 is 0.447 bits per heavy atom. The van der Waals surface area contributed by atoms with Gasteiger partial charge in [-0.3, -0.25) is 0 Å². The van der Waals surface area contributed by atoms with Crippen molar-refractivity contribution in [1.82, 2.24) is 0 Å². The molecule has 0 aliphatic heterocycles. The fourth-order valence-electron chi connectivity index (χ4n) is 6.35. The molecule has 0 amide bonds. The molecule has 0 atom stereocenters. The van der Waals surface area contributed by atoms with Gasteiger partial charge < -0.3 is 0 Å². The molecule has 38 heavy (non-hydrogen) atoms. The zero-order chi connectivity index (χ0) is 27.6. The molecule has 3 aliphatic rings. The summed E-state index contributed by atoms with van der Waals surface area (Å²) in [5, 5.41) is 0. The third kappa shape index (κ3) is 6.05. The first-order valence-electron chi connectivity index (χ1n) is 14.6. The Hall–Kier alpha value is -2.48. The van der Waals surface area contributed by atoms with Crippen molar-refractivity contribution in [3.8, 4) is 0 Å². The summed E-state index contributed by atoms with van der Waals surface area (Å²) in [5.41, 5.74) is 5.24. The SMILES string of the molecule is CC(C)C1(c2ccc(F)cc2)CC1.CC(C)C1(c2cccc(F)c2)CC1.CC(C)C1(c2ccccc2)CC1. The van der Waals surface area contributed by atoms with Crippen LogP contribution >= 0.6 is 0 Å². The Balaban J connectivity index is 0.000000133. The Kier molecular flexibility index (Phi) is 8.50. The van der Waals surface area contributed by atoms with Gasteiger partial charge >= 0.3 is 0 Å². The summed E-state index contributed by atoms with van der Waals surface area (Å²) in [5.74, 6) is 1.83. The van der Waals surface area contributed by atoms with E-state index in [4.69, 9.17) is 0 Å². The standard InChI is InChI=1S/2C12H15F.C12H16/c1-9(2)12(7-8-12)10-3-5-11(13)6-4-10;1-9(2)12(6-7-12)10-4-3-5-11(13)8-10;1-10(2)12(8-9-12)11-6-4-3-5-7-11/h3-6,9H,7-8H2,1-2H3;3-5,8-9H,6-7H2,1-2H3;3-7,10H,8-9H2,1-2H3. The molecule has 0 aromatic heterocycles. The van der Waals surface area contributed by atoms with Gasteiger partial charge in [0.15, 0.2) is 0 Å². The maximum absolute atomic E-state index is 13.0. The first-order chi connectivity index (χ1) is 18.1.